The van der Waals surface area contributed by atoms with Crippen LogP contribution in [0.5, 0.6) is 0 Å². The summed E-state index contributed by atoms with van der Waals surface area (Å²) in [4.78, 5) is 5.82. The van der Waals surface area contributed by atoms with Gasteiger partial charge in [0.25, 0.3) is 0 Å². The van der Waals surface area contributed by atoms with E-state index in [0.29, 0.717) is 41.6 Å². The summed E-state index contributed by atoms with van der Waals surface area (Å²) in [5.74, 6) is 6.94. The Hall–Kier alpha value is -3.22. The van der Waals surface area contributed by atoms with Gasteiger partial charge in [-0.25, -0.2) is 4.98 Å². The van der Waals surface area contributed by atoms with Crippen LogP contribution >= 0.6 is 0 Å². The average molecular weight is 450 g/mol. The molecule has 0 saturated carbocycles. The van der Waals surface area contributed by atoms with Gasteiger partial charge in [0.1, 0.15) is 5.82 Å². The summed E-state index contributed by atoms with van der Waals surface area (Å²) >= 11 is 0. The van der Waals surface area contributed by atoms with Gasteiger partial charge in [-0.2, -0.15) is 4.80 Å². The van der Waals surface area contributed by atoms with Crippen molar-refractivity contribution in [2.45, 2.75) is 51.9 Å². The number of pyridine rings is 1. The molecular formula is C23H31N7OSi. The molecule has 168 valence electrons. The summed E-state index contributed by atoms with van der Waals surface area (Å²) in [5, 5.41) is 13.0. The quantitative estimate of drug-likeness (QED) is 0.255. The van der Waals surface area contributed by atoms with E-state index in [1.165, 1.54) is 0 Å². The van der Waals surface area contributed by atoms with Crippen molar-refractivity contribution in [2.75, 3.05) is 18.1 Å². The van der Waals surface area contributed by atoms with Gasteiger partial charge >= 0.3 is 0 Å². The maximum atomic E-state index is 6.21. The van der Waals surface area contributed by atoms with Crippen LogP contribution in [0.15, 0.2) is 36.5 Å². The van der Waals surface area contributed by atoms with Gasteiger partial charge in [-0.1, -0.05) is 38.7 Å². The van der Waals surface area contributed by atoms with E-state index >= 15 is 0 Å². The largest absolute Gasteiger partial charge is 0.417 e. The first-order valence-electron chi connectivity index (χ1n) is 10.6. The molecule has 32 heavy (non-hydrogen) atoms. The van der Waals surface area contributed by atoms with Crippen LogP contribution in [-0.4, -0.2) is 40.1 Å². The summed E-state index contributed by atoms with van der Waals surface area (Å²) in [6.45, 7) is 12.5. The molecular weight excluding hydrogens is 418 g/mol. The second kappa shape index (κ2) is 9.50. The highest BCUT2D eigenvalue weighted by atomic mass is 28.4. The Morgan fingerprint density at radius 1 is 1.12 bits per heavy atom. The number of aromatic nitrogens is 5. The Morgan fingerprint density at radius 2 is 1.91 bits per heavy atom. The van der Waals surface area contributed by atoms with Crippen molar-refractivity contribution in [3.05, 3.63) is 47.7 Å². The van der Waals surface area contributed by atoms with Crippen molar-refractivity contribution in [1.82, 2.24) is 25.2 Å². The third-order valence-electron chi connectivity index (χ3n) is 5.63. The topological polar surface area (TPSA) is 118 Å². The molecule has 1 aromatic carbocycles. The van der Waals surface area contributed by atoms with E-state index in [9.17, 15) is 0 Å². The van der Waals surface area contributed by atoms with Gasteiger partial charge in [0.15, 0.2) is 8.32 Å². The molecule has 0 atom stereocenters. The molecule has 2 aromatic heterocycles. The fourth-order valence-corrected chi connectivity index (χ4v) is 3.74. The normalized spacial score (nSPS) is 11.8. The molecule has 4 N–H and O–H groups in total. The first kappa shape index (κ1) is 23.4. The number of tetrazole rings is 1. The fraction of sp³-hybridized carbons (Fsp3) is 0.391. The molecule has 9 heteroatoms. The van der Waals surface area contributed by atoms with Gasteiger partial charge in [0.05, 0.1) is 12.1 Å². The molecule has 0 saturated heterocycles. The molecule has 3 rings (SSSR count). The van der Waals surface area contributed by atoms with Crippen LogP contribution in [0.2, 0.25) is 18.1 Å². The summed E-state index contributed by atoms with van der Waals surface area (Å²) in [6, 6.07) is 9.19. The Kier molecular flexibility index (Phi) is 6.96. The predicted molar refractivity (Wildman–Crippen MR) is 130 cm³/mol. The number of nitrogens with zero attached hydrogens (tertiary/aromatic N) is 5. The summed E-state index contributed by atoms with van der Waals surface area (Å²) in [7, 11) is -1.74. The van der Waals surface area contributed by atoms with Crippen molar-refractivity contribution in [1.29, 1.82) is 0 Å². The molecule has 2 heterocycles. The maximum absolute atomic E-state index is 6.21. The van der Waals surface area contributed by atoms with E-state index in [0.717, 1.165) is 12.0 Å². The highest BCUT2D eigenvalue weighted by molar-refractivity contribution is 6.74. The third-order valence-corrected chi connectivity index (χ3v) is 10.2. The standard InChI is InChI=1S/C23H31N7OSi/c1-23(2,3)32(4,5)31-13-7-12-30-28-22(27-29-30)19-15-18(21(25)26-16-19)11-10-17-8-6-9-20(24)14-17/h6,8-9,14-16H,7,12-13,24H2,1-5H3,(H2,25,26). The highest BCUT2D eigenvalue weighted by Gasteiger charge is 2.36. The lowest BCUT2D eigenvalue weighted by Crippen LogP contribution is -2.41. The van der Waals surface area contributed by atoms with Gasteiger partial charge in [0, 0.05) is 29.6 Å². The van der Waals surface area contributed by atoms with Crippen molar-refractivity contribution < 1.29 is 4.43 Å². The molecule has 0 aliphatic rings. The number of nitrogens with two attached hydrogens (primary N) is 2. The van der Waals surface area contributed by atoms with E-state index in [4.69, 9.17) is 15.9 Å². The lowest BCUT2D eigenvalue weighted by molar-refractivity contribution is 0.268. The maximum Gasteiger partial charge on any atom is 0.206 e. The van der Waals surface area contributed by atoms with Crippen molar-refractivity contribution >= 4 is 19.8 Å². The smallest absolute Gasteiger partial charge is 0.206 e. The van der Waals surface area contributed by atoms with Gasteiger partial charge in [-0.15, -0.1) is 10.2 Å². The molecule has 0 spiro atoms. The average Bonchev–Trinajstić information content (AvgIpc) is 3.19. The minimum atomic E-state index is -1.74. The Bertz CT molecular complexity index is 1140. The Morgan fingerprint density at radius 3 is 2.62 bits per heavy atom. The number of anilines is 2. The molecule has 0 aliphatic heterocycles. The molecule has 0 bridgehead atoms. The molecule has 3 aromatic rings. The number of rotatable bonds is 6. The lowest BCUT2D eigenvalue weighted by Gasteiger charge is -2.36. The number of hydrogen-bond donors (Lipinski definition) is 2. The predicted octanol–water partition coefficient (Wildman–Crippen LogP) is 3.71. The first-order chi connectivity index (χ1) is 15.0. The van der Waals surface area contributed by atoms with Crippen LogP contribution in [0.3, 0.4) is 0 Å². The van der Waals surface area contributed by atoms with Crippen molar-refractivity contribution in [3.63, 3.8) is 0 Å². The second-order valence-corrected chi connectivity index (χ2v) is 14.0. The number of benzene rings is 1. The minimum Gasteiger partial charge on any atom is -0.417 e. The van der Waals surface area contributed by atoms with E-state index in [-0.39, 0.29) is 5.04 Å². The van der Waals surface area contributed by atoms with Crippen molar-refractivity contribution in [3.8, 4) is 23.2 Å². The number of aryl methyl sites for hydroxylation is 1. The molecule has 0 aliphatic carbocycles. The monoisotopic (exact) mass is 449 g/mol. The van der Waals surface area contributed by atoms with Crippen LogP contribution in [-0.2, 0) is 11.0 Å². The van der Waals surface area contributed by atoms with E-state index in [1.54, 1.807) is 11.0 Å². The van der Waals surface area contributed by atoms with E-state index in [2.05, 4.69) is 66.1 Å². The SMILES string of the molecule is CC(C)(C)[Si](C)(C)OCCCn1nnc(-c2cnc(N)c(C#Cc3cccc(N)c3)c2)n1. The van der Waals surface area contributed by atoms with Gasteiger partial charge in [-0.05, 0) is 54.0 Å². The molecule has 0 unspecified atom stereocenters. The summed E-state index contributed by atoms with van der Waals surface area (Å²) < 4.78 is 6.21. The van der Waals surface area contributed by atoms with Crippen LogP contribution in [0, 0.1) is 11.8 Å². The summed E-state index contributed by atoms with van der Waals surface area (Å²) in [5.41, 5.74) is 14.6. The van der Waals surface area contributed by atoms with Crippen LogP contribution in [0.25, 0.3) is 11.4 Å². The second-order valence-electron chi connectivity index (χ2n) is 9.20. The van der Waals surface area contributed by atoms with Crippen LogP contribution in [0.1, 0.15) is 38.3 Å². The van der Waals surface area contributed by atoms with Crippen molar-refractivity contribution in [2.24, 2.45) is 0 Å². The van der Waals surface area contributed by atoms with E-state index < -0.39 is 8.32 Å². The molecule has 0 amide bonds. The summed E-state index contributed by atoms with van der Waals surface area (Å²) in [6.07, 6.45) is 2.45. The molecule has 0 fully saturated rings. The lowest BCUT2D eigenvalue weighted by atomic mass is 10.1. The third kappa shape index (κ3) is 5.93. The zero-order valence-corrected chi connectivity index (χ0v) is 20.4. The van der Waals surface area contributed by atoms with E-state index in [1.807, 2.05) is 30.3 Å². The van der Waals surface area contributed by atoms with Gasteiger partial charge in [-0.3, -0.25) is 0 Å². The molecule has 8 nitrogen and oxygen atoms in total. The van der Waals surface area contributed by atoms with Gasteiger partial charge in [0.2, 0.25) is 5.82 Å². The first-order valence-corrected chi connectivity index (χ1v) is 13.5. The Labute approximate surface area is 190 Å². The number of nitrogen functional groups attached to an aromatic ring is 2. The fourth-order valence-electron chi connectivity index (χ4n) is 2.66. The van der Waals surface area contributed by atoms with Crippen LogP contribution < -0.4 is 11.5 Å². The molecule has 0 radical (unpaired) electrons. The zero-order chi connectivity index (χ0) is 23.4. The van der Waals surface area contributed by atoms with Gasteiger partial charge < -0.3 is 15.9 Å². The zero-order valence-electron chi connectivity index (χ0n) is 19.4. The highest BCUT2D eigenvalue weighted by Crippen LogP contribution is 2.36. The number of hydrogen-bond acceptors (Lipinski definition) is 7. The Balaban J connectivity index is 1.66. The van der Waals surface area contributed by atoms with Crippen LogP contribution in [0.4, 0.5) is 11.5 Å². The minimum absolute atomic E-state index is 0.196.